The molecule has 1 saturated heterocycles. The Morgan fingerprint density at radius 3 is 2.86 bits per heavy atom. The number of nitrogens with one attached hydrogen (secondary N) is 1. The number of carbonyl (C=O) groups is 2. The Balaban J connectivity index is 1.83. The SMILES string of the molecule is CNC(=O)[C@]1(C)CCCN(C(=O)c2ccc3nsnc3c2)C1. The van der Waals surface area contributed by atoms with Crippen LogP contribution in [0.5, 0.6) is 0 Å². The Labute approximate surface area is 132 Å². The lowest BCUT2D eigenvalue weighted by Gasteiger charge is -2.39. The van der Waals surface area contributed by atoms with E-state index in [0.29, 0.717) is 18.7 Å². The van der Waals surface area contributed by atoms with Crippen molar-refractivity contribution >= 4 is 34.6 Å². The summed E-state index contributed by atoms with van der Waals surface area (Å²) in [4.78, 5) is 26.5. The van der Waals surface area contributed by atoms with Crippen LogP contribution in [-0.4, -0.2) is 45.6 Å². The summed E-state index contributed by atoms with van der Waals surface area (Å²) in [5.74, 6) is -0.0612. The van der Waals surface area contributed by atoms with Gasteiger partial charge in [0.25, 0.3) is 5.91 Å². The summed E-state index contributed by atoms with van der Waals surface area (Å²) in [6, 6.07) is 5.36. The summed E-state index contributed by atoms with van der Waals surface area (Å²) in [7, 11) is 1.64. The van der Waals surface area contributed by atoms with Crippen molar-refractivity contribution in [2.45, 2.75) is 19.8 Å². The molecular formula is C15H18N4O2S. The molecule has 1 aromatic carbocycles. The number of fused-ring (bicyclic) bond motifs is 1. The van der Waals surface area contributed by atoms with Gasteiger partial charge in [0.2, 0.25) is 5.91 Å². The average molecular weight is 318 g/mol. The molecule has 1 N–H and O–H groups in total. The fourth-order valence-corrected chi connectivity index (χ4v) is 3.52. The molecule has 0 saturated carbocycles. The highest BCUT2D eigenvalue weighted by atomic mass is 32.1. The van der Waals surface area contributed by atoms with Crippen LogP contribution in [0.2, 0.25) is 0 Å². The first-order valence-corrected chi connectivity index (χ1v) is 8.00. The van der Waals surface area contributed by atoms with Gasteiger partial charge in [-0.2, -0.15) is 8.75 Å². The van der Waals surface area contributed by atoms with Crippen molar-refractivity contribution in [3.63, 3.8) is 0 Å². The first-order valence-electron chi connectivity index (χ1n) is 7.27. The molecule has 2 amide bonds. The van der Waals surface area contributed by atoms with Crippen molar-refractivity contribution < 1.29 is 9.59 Å². The second-order valence-corrected chi connectivity index (χ2v) is 6.47. The molecule has 2 heterocycles. The van der Waals surface area contributed by atoms with Crippen LogP contribution in [0, 0.1) is 5.41 Å². The molecule has 22 heavy (non-hydrogen) atoms. The first-order chi connectivity index (χ1) is 10.5. The van der Waals surface area contributed by atoms with E-state index in [2.05, 4.69) is 14.1 Å². The Kier molecular flexibility index (Phi) is 3.82. The number of benzene rings is 1. The van der Waals surface area contributed by atoms with Gasteiger partial charge in [-0.15, -0.1) is 0 Å². The highest BCUT2D eigenvalue weighted by Gasteiger charge is 2.38. The predicted molar refractivity (Wildman–Crippen MR) is 84.7 cm³/mol. The standard InChI is InChI=1S/C15H18N4O2S/c1-15(14(21)16-2)6-3-7-19(9-15)13(20)10-4-5-11-12(8-10)18-22-17-11/h4-5,8H,3,6-7,9H2,1-2H3,(H,16,21)/t15-/m1/s1. The lowest BCUT2D eigenvalue weighted by Crippen LogP contribution is -2.51. The van der Waals surface area contributed by atoms with E-state index in [9.17, 15) is 9.59 Å². The number of rotatable bonds is 2. The molecule has 0 radical (unpaired) electrons. The summed E-state index contributed by atoms with van der Waals surface area (Å²) in [6.07, 6.45) is 1.63. The van der Waals surface area contributed by atoms with Crippen LogP contribution in [0.25, 0.3) is 11.0 Å². The Hall–Kier alpha value is -2.02. The van der Waals surface area contributed by atoms with E-state index < -0.39 is 5.41 Å². The molecule has 1 fully saturated rings. The number of nitrogens with zero attached hydrogens (tertiary/aromatic N) is 3. The lowest BCUT2D eigenvalue weighted by molar-refractivity contribution is -0.132. The number of likely N-dealkylation sites (tertiary alicyclic amines) is 1. The third kappa shape index (κ3) is 2.56. The quantitative estimate of drug-likeness (QED) is 0.914. The van der Waals surface area contributed by atoms with Crippen molar-refractivity contribution in [2.75, 3.05) is 20.1 Å². The lowest BCUT2D eigenvalue weighted by atomic mass is 9.81. The number of piperidine rings is 1. The molecule has 3 rings (SSSR count). The molecule has 1 atom stereocenters. The zero-order valence-electron chi connectivity index (χ0n) is 12.6. The van der Waals surface area contributed by atoms with E-state index in [-0.39, 0.29) is 11.8 Å². The molecule has 6 nitrogen and oxygen atoms in total. The number of carbonyl (C=O) groups excluding carboxylic acids is 2. The van der Waals surface area contributed by atoms with Gasteiger partial charge in [-0.05, 0) is 38.0 Å². The molecule has 1 aliphatic rings. The van der Waals surface area contributed by atoms with Gasteiger partial charge in [-0.25, -0.2) is 0 Å². The molecule has 0 bridgehead atoms. The molecule has 0 unspecified atom stereocenters. The minimum Gasteiger partial charge on any atom is -0.359 e. The largest absolute Gasteiger partial charge is 0.359 e. The summed E-state index contributed by atoms with van der Waals surface area (Å²) < 4.78 is 8.31. The van der Waals surface area contributed by atoms with Gasteiger partial charge < -0.3 is 10.2 Å². The van der Waals surface area contributed by atoms with Crippen molar-refractivity contribution in [2.24, 2.45) is 5.41 Å². The predicted octanol–water partition coefficient (Wildman–Crippen LogP) is 1.68. The average Bonchev–Trinajstić information content (AvgIpc) is 3.00. The van der Waals surface area contributed by atoms with Crippen LogP contribution in [0.3, 0.4) is 0 Å². The summed E-state index contributed by atoms with van der Waals surface area (Å²) in [6.45, 7) is 3.04. The molecule has 7 heteroatoms. The molecule has 0 spiro atoms. The maximum absolute atomic E-state index is 12.7. The van der Waals surface area contributed by atoms with Crippen LogP contribution >= 0.6 is 11.7 Å². The Morgan fingerprint density at radius 1 is 1.32 bits per heavy atom. The topological polar surface area (TPSA) is 75.2 Å². The fraction of sp³-hybridized carbons (Fsp3) is 0.467. The van der Waals surface area contributed by atoms with E-state index in [1.165, 1.54) is 0 Å². The van der Waals surface area contributed by atoms with Gasteiger partial charge in [-0.3, -0.25) is 9.59 Å². The second-order valence-electron chi connectivity index (χ2n) is 5.94. The number of hydrogen-bond acceptors (Lipinski definition) is 5. The third-order valence-corrected chi connectivity index (χ3v) is 4.82. The maximum atomic E-state index is 12.7. The van der Waals surface area contributed by atoms with Gasteiger partial charge in [0.1, 0.15) is 11.0 Å². The molecule has 1 aliphatic heterocycles. The van der Waals surface area contributed by atoms with Gasteiger partial charge in [0.05, 0.1) is 17.1 Å². The third-order valence-electron chi connectivity index (χ3n) is 4.26. The Morgan fingerprint density at radius 2 is 2.09 bits per heavy atom. The maximum Gasteiger partial charge on any atom is 0.253 e. The van der Waals surface area contributed by atoms with Crippen LogP contribution in [-0.2, 0) is 4.79 Å². The number of hydrogen-bond donors (Lipinski definition) is 1. The fourth-order valence-electron chi connectivity index (χ4n) is 3.00. The first kappa shape index (κ1) is 14.9. The molecule has 116 valence electrons. The van der Waals surface area contributed by atoms with Crippen molar-refractivity contribution in [1.29, 1.82) is 0 Å². The van der Waals surface area contributed by atoms with E-state index in [4.69, 9.17) is 0 Å². The molecule has 0 aliphatic carbocycles. The van der Waals surface area contributed by atoms with E-state index in [1.807, 2.05) is 13.0 Å². The van der Waals surface area contributed by atoms with Gasteiger partial charge in [0.15, 0.2) is 0 Å². The Bertz CT molecular complexity index is 729. The van der Waals surface area contributed by atoms with Gasteiger partial charge in [-0.1, -0.05) is 0 Å². The van der Waals surface area contributed by atoms with Gasteiger partial charge in [0, 0.05) is 25.7 Å². The summed E-state index contributed by atoms with van der Waals surface area (Å²) in [5.41, 5.74) is 1.62. The van der Waals surface area contributed by atoms with Crippen molar-refractivity contribution in [1.82, 2.24) is 19.0 Å². The van der Waals surface area contributed by atoms with Gasteiger partial charge >= 0.3 is 0 Å². The van der Waals surface area contributed by atoms with Crippen molar-refractivity contribution in [3.8, 4) is 0 Å². The highest BCUT2D eigenvalue weighted by Crippen LogP contribution is 2.30. The van der Waals surface area contributed by atoms with Crippen LogP contribution in [0.15, 0.2) is 18.2 Å². The van der Waals surface area contributed by atoms with Crippen LogP contribution < -0.4 is 5.32 Å². The zero-order valence-corrected chi connectivity index (χ0v) is 13.4. The number of aromatic nitrogens is 2. The van der Waals surface area contributed by atoms with Crippen molar-refractivity contribution in [3.05, 3.63) is 23.8 Å². The highest BCUT2D eigenvalue weighted by molar-refractivity contribution is 7.00. The second kappa shape index (κ2) is 5.64. The molecular weight excluding hydrogens is 300 g/mol. The normalized spacial score (nSPS) is 21.8. The minimum absolute atomic E-state index is 0.0100. The van der Waals surface area contributed by atoms with E-state index >= 15 is 0 Å². The van der Waals surface area contributed by atoms with E-state index in [0.717, 1.165) is 35.6 Å². The summed E-state index contributed by atoms with van der Waals surface area (Å²) in [5, 5.41) is 2.70. The molecule has 1 aromatic heterocycles. The number of amides is 2. The summed E-state index contributed by atoms with van der Waals surface area (Å²) >= 11 is 1.14. The zero-order chi connectivity index (χ0) is 15.7. The van der Waals surface area contributed by atoms with E-state index in [1.54, 1.807) is 24.1 Å². The van der Waals surface area contributed by atoms with Crippen LogP contribution in [0.1, 0.15) is 30.1 Å². The monoisotopic (exact) mass is 318 g/mol. The molecule has 2 aromatic rings. The van der Waals surface area contributed by atoms with Crippen LogP contribution in [0.4, 0.5) is 0 Å². The smallest absolute Gasteiger partial charge is 0.253 e. The minimum atomic E-state index is -0.519.